The Balaban J connectivity index is 1.99. The molecule has 0 radical (unpaired) electrons. The number of nitrogens with zero attached hydrogens (tertiary/aromatic N) is 3. The number of hydrogen-bond donors (Lipinski definition) is 1. The number of rotatable bonds is 3. The lowest BCUT2D eigenvalue weighted by Gasteiger charge is -2.37. The Bertz CT molecular complexity index is 477. The molecule has 0 atom stereocenters. The summed E-state index contributed by atoms with van der Waals surface area (Å²) in [6.45, 7) is 6.64. The number of anilines is 1. The topological polar surface area (TPSA) is 39.6 Å². The molecule has 0 amide bonds. The largest absolute Gasteiger partial charge is 0.416 e. The van der Waals surface area contributed by atoms with Crippen LogP contribution < -0.4 is 4.90 Å². The van der Waals surface area contributed by atoms with E-state index in [9.17, 15) is 18.3 Å². The summed E-state index contributed by atoms with van der Waals surface area (Å²) in [7, 11) is 0. The summed E-state index contributed by atoms with van der Waals surface area (Å²) < 4.78 is 38.1. The van der Waals surface area contributed by atoms with Crippen LogP contribution in [0.5, 0.6) is 0 Å². The van der Waals surface area contributed by atoms with Crippen molar-refractivity contribution < 1.29 is 18.3 Å². The average Bonchev–Trinajstić information content (AvgIpc) is 2.37. The molecule has 1 aliphatic heterocycles. The molecular weight excluding hydrogens is 283 g/mol. The summed E-state index contributed by atoms with van der Waals surface area (Å²) in [6, 6.07) is 2.07. The summed E-state index contributed by atoms with van der Waals surface area (Å²) in [4.78, 5) is 7.98. The van der Waals surface area contributed by atoms with E-state index < -0.39 is 17.3 Å². The molecule has 1 aromatic heterocycles. The minimum absolute atomic E-state index is 0.354. The number of piperazine rings is 1. The van der Waals surface area contributed by atoms with Crippen molar-refractivity contribution >= 4 is 5.82 Å². The van der Waals surface area contributed by atoms with Crippen LogP contribution in [0.3, 0.4) is 0 Å². The summed E-state index contributed by atoms with van der Waals surface area (Å²) in [5.74, 6) is 0.354. The Morgan fingerprint density at radius 3 is 2.33 bits per heavy atom. The Kier molecular flexibility index (Phi) is 4.43. The van der Waals surface area contributed by atoms with Gasteiger partial charge < -0.3 is 10.0 Å². The van der Waals surface area contributed by atoms with E-state index in [0.29, 0.717) is 38.5 Å². The van der Waals surface area contributed by atoms with Gasteiger partial charge in [0.2, 0.25) is 0 Å². The van der Waals surface area contributed by atoms with Gasteiger partial charge in [-0.25, -0.2) is 4.98 Å². The van der Waals surface area contributed by atoms with Crippen LogP contribution in [-0.2, 0) is 6.18 Å². The normalized spacial score (nSPS) is 18.1. The molecule has 2 rings (SSSR count). The average molecular weight is 303 g/mol. The van der Waals surface area contributed by atoms with Crippen molar-refractivity contribution in [1.29, 1.82) is 0 Å². The van der Waals surface area contributed by atoms with Gasteiger partial charge in [-0.15, -0.1) is 0 Å². The van der Waals surface area contributed by atoms with Gasteiger partial charge in [-0.05, 0) is 26.0 Å². The van der Waals surface area contributed by atoms with Crippen LogP contribution in [0.4, 0.5) is 19.0 Å². The molecule has 4 nitrogen and oxygen atoms in total. The third-order valence-electron chi connectivity index (χ3n) is 3.38. The first-order valence-corrected chi connectivity index (χ1v) is 6.88. The van der Waals surface area contributed by atoms with Gasteiger partial charge in [0.15, 0.2) is 0 Å². The van der Waals surface area contributed by atoms with E-state index in [1.165, 1.54) is 6.20 Å². The Hall–Kier alpha value is -1.34. The van der Waals surface area contributed by atoms with Crippen molar-refractivity contribution in [3.63, 3.8) is 0 Å². The van der Waals surface area contributed by atoms with Gasteiger partial charge in [0, 0.05) is 38.9 Å². The fourth-order valence-corrected chi connectivity index (χ4v) is 2.45. The molecule has 0 spiro atoms. The third kappa shape index (κ3) is 4.57. The second kappa shape index (κ2) is 5.81. The molecule has 1 N–H and O–H groups in total. The molecular formula is C14H20F3N3O. The first-order valence-electron chi connectivity index (χ1n) is 6.88. The maximum absolute atomic E-state index is 12.7. The lowest BCUT2D eigenvalue weighted by atomic mass is 10.1. The van der Waals surface area contributed by atoms with E-state index in [1.54, 1.807) is 13.8 Å². The van der Waals surface area contributed by atoms with Crippen molar-refractivity contribution in [2.24, 2.45) is 0 Å². The van der Waals surface area contributed by atoms with Gasteiger partial charge >= 0.3 is 6.18 Å². The van der Waals surface area contributed by atoms with Crippen molar-refractivity contribution in [3.05, 3.63) is 23.9 Å². The highest BCUT2D eigenvalue weighted by Gasteiger charge is 2.31. The highest BCUT2D eigenvalue weighted by Crippen LogP contribution is 2.30. The molecule has 0 unspecified atom stereocenters. The predicted molar refractivity (Wildman–Crippen MR) is 74.2 cm³/mol. The quantitative estimate of drug-likeness (QED) is 0.927. The van der Waals surface area contributed by atoms with Crippen molar-refractivity contribution in [3.8, 4) is 0 Å². The minimum Gasteiger partial charge on any atom is -0.389 e. The molecule has 0 aliphatic carbocycles. The van der Waals surface area contributed by atoms with Gasteiger partial charge in [-0.2, -0.15) is 13.2 Å². The highest BCUT2D eigenvalue weighted by atomic mass is 19.4. The Morgan fingerprint density at radius 1 is 1.19 bits per heavy atom. The molecule has 2 heterocycles. The fraction of sp³-hybridized carbons (Fsp3) is 0.643. The van der Waals surface area contributed by atoms with E-state index in [0.717, 1.165) is 12.1 Å². The van der Waals surface area contributed by atoms with Gasteiger partial charge in [0.25, 0.3) is 0 Å². The molecule has 1 aromatic rings. The maximum atomic E-state index is 12.7. The molecule has 1 aliphatic rings. The monoisotopic (exact) mass is 303 g/mol. The number of alkyl halides is 3. The van der Waals surface area contributed by atoms with Crippen LogP contribution in [0.25, 0.3) is 0 Å². The molecule has 118 valence electrons. The van der Waals surface area contributed by atoms with Crippen molar-refractivity contribution in [2.45, 2.75) is 25.6 Å². The first kappa shape index (κ1) is 16.0. The first-order chi connectivity index (χ1) is 9.65. The fourth-order valence-electron chi connectivity index (χ4n) is 2.45. The molecule has 0 bridgehead atoms. The Labute approximate surface area is 122 Å². The predicted octanol–water partition coefficient (Wildman–Crippen LogP) is 1.99. The van der Waals surface area contributed by atoms with Gasteiger partial charge in [0.1, 0.15) is 5.82 Å². The van der Waals surface area contributed by atoms with Crippen molar-refractivity contribution in [1.82, 2.24) is 9.88 Å². The minimum atomic E-state index is -4.35. The lowest BCUT2D eigenvalue weighted by Crippen LogP contribution is -2.50. The summed E-state index contributed by atoms with van der Waals surface area (Å²) in [5.41, 5.74) is -1.44. The maximum Gasteiger partial charge on any atom is 0.416 e. The summed E-state index contributed by atoms with van der Waals surface area (Å²) in [5, 5.41) is 9.79. The van der Waals surface area contributed by atoms with Gasteiger partial charge in [-0.3, -0.25) is 4.90 Å². The number of hydrogen-bond acceptors (Lipinski definition) is 4. The second-order valence-electron chi connectivity index (χ2n) is 5.98. The van der Waals surface area contributed by atoms with Crippen LogP contribution in [0.1, 0.15) is 19.4 Å². The van der Waals surface area contributed by atoms with E-state index in [-0.39, 0.29) is 0 Å². The van der Waals surface area contributed by atoms with E-state index in [1.807, 2.05) is 4.90 Å². The number of halogens is 3. The van der Waals surface area contributed by atoms with Crippen molar-refractivity contribution in [2.75, 3.05) is 37.6 Å². The third-order valence-corrected chi connectivity index (χ3v) is 3.38. The smallest absolute Gasteiger partial charge is 0.389 e. The SMILES string of the molecule is CC(C)(O)CN1CCN(c2cc(C(F)(F)F)ccn2)CC1. The molecule has 0 saturated carbocycles. The zero-order chi connectivity index (χ0) is 15.7. The van der Waals surface area contributed by atoms with Gasteiger partial charge in [-0.1, -0.05) is 0 Å². The zero-order valence-electron chi connectivity index (χ0n) is 12.2. The second-order valence-corrected chi connectivity index (χ2v) is 5.98. The molecule has 1 saturated heterocycles. The number of aliphatic hydroxyl groups is 1. The van der Waals surface area contributed by atoms with Crippen LogP contribution in [-0.4, -0.2) is 53.3 Å². The summed E-state index contributed by atoms with van der Waals surface area (Å²) >= 11 is 0. The zero-order valence-corrected chi connectivity index (χ0v) is 12.2. The standard InChI is InChI=1S/C14H20F3N3O/c1-13(2,21)10-19-5-7-20(8-6-19)12-9-11(3-4-18-12)14(15,16)17/h3-4,9,21H,5-8,10H2,1-2H3. The van der Waals surface area contributed by atoms with Crippen LogP contribution >= 0.6 is 0 Å². The van der Waals surface area contributed by atoms with Crippen LogP contribution in [0.2, 0.25) is 0 Å². The van der Waals surface area contributed by atoms with E-state index >= 15 is 0 Å². The highest BCUT2D eigenvalue weighted by molar-refractivity contribution is 5.42. The van der Waals surface area contributed by atoms with Gasteiger partial charge in [0.05, 0.1) is 11.2 Å². The van der Waals surface area contributed by atoms with Crippen LogP contribution in [0.15, 0.2) is 18.3 Å². The molecule has 7 heteroatoms. The number of pyridine rings is 1. The number of aromatic nitrogens is 1. The number of β-amino-alcohol motifs (C(OH)–C–C–N with tert-alkyl or cyclic N) is 1. The summed E-state index contributed by atoms with van der Waals surface area (Å²) in [6.07, 6.45) is -3.15. The molecule has 0 aromatic carbocycles. The van der Waals surface area contributed by atoms with E-state index in [4.69, 9.17) is 0 Å². The molecule has 21 heavy (non-hydrogen) atoms. The Morgan fingerprint density at radius 2 is 1.81 bits per heavy atom. The molecule has 1 fully saturated rings. The van der Waals surface area contributed by atoms with E-state index in [2.05, 4.69) is 9.88 Å². The lowest BCUT2D eigenvalue weighted by molar-refractivity contribution is -0.137. The van der Waals surface area contributed by atoms with Crippen LogP contribution in [0, 0.1) is 0 Å².